The lowest BCUT2D eigenvalue weighted by molar-refractivity contribution is -0.385. The maximum atomic E-state index is 13.1. The number of sulfonamides is 1. The molecule has 212 valence electrons. The Kier molecular flexibility index (Phi) is 9.04. The summed E-state index contributed by atoms with van der Waals surface area (Å²) in [7, 11) is -3.78. The van der Waals surface area contributed by atoms with Crippen LogP contribution in [0.25, 0.3) is 0 Å². The first-order valence-electron chi connectivity index (χ1n) is 12.0. The number of carbonyl (C=O) groups is 2. The molecule has 0 atom stereocenters. The summed E-state index contributed by atoms with van der Waals surface area (Å²) in [6.07, 6.45) is 0.743. The van der Waals surface area contributed by atoms with Gasteiger partial charge >= 0.3 is 5.91 Å². The number of thiophene rings is 1. The Morgan fingerprint density at radius 1 is 0.976 bits per heavy atom. The van der Waals surface area contributed by atoms with Crippen LogP contribution in [-0.2, 0) is 16.6 Å². The number of nitrogens with one attached hydrogen (secondary N) is 1. The van der Waals surface area contributed by atoms with E-state index >= 15 is 0 Å². The van der Waals surface area contributed by atoms with Gasteiger partial charge in [0.2, 0.25) is 10.0 Å². The van der Waals surface area contributed by atoms with E-state index in [1.54, 1.807) is 6.07 Å². The summed E-state index contributed by atoms with van der Waals surface area (Å²) in [4.78, 5) is 49.1. The molecular formula is C24H22N7O8S2+. The van der Waals surface area contributed by atoms with Gasteiger partial charge < -0.3 is 5.32 Å². The first kappa shape index (κ1) is 29.3. The van der Waals surface area contributed by atoms with E-state index in [4.69, 9.17) is 0 Å². The number of carbonyl (C=O) groups excluding carboxylic acids is 2. The third-order valence-corrected chi connectivity index (χ3v) is 9.53. The van der Waals surface area contributed by atoms with Crippen LogP contribution >= 0.6 is 11.3 Å². The number of non-ortho nitro benzene ring substituents is 2. The van der Waals surface area contributed by atoms with Gasteiger partial charge in [-0.3, -0.25) is 29.8 Å². The van der Waals surface area contributed by atoms with Crippen LogP contribution in [0.5, 0.6) is 0 Å². The fraction of sp³-hybridized carbons (Fsp3) is 0.250. The zero-order chi connectivity index (χ0) is 29.6. The molecule has 1 aromatic heterocycles. The molecule has 17 heteroatoms. The zero-order valence-electron chi connectivity index (χ0n) is 21.2. The highest BCUT2D eigenvalue weighted by Gasteiger charge is 2.31. The van der Waals surface area contributed by atoms with Gasteiger partial charge in [-0.2, -0.15) is 4.31 Å². The van der Waals surface area contributed by atoms with Crippen molar-refractivity contribution in [3.63, 3.8) is 0 Å². The van der Waals surface area contributed by atoms with Gasteiger partial charge in [-0.25, -0.2) is 8.42 Å². The standard InChI is InChI=1S/C24H21N7O8S2/c32-23(17-2-1-3-20(14-17)31(36)37)26-18-10-12-29(13-11-18)41(38,39)22-9-8-21(40-22)15-25-28-27-24(33)16-4-6-19(7-5-16)30(34)35/h1-9,14,18H,10-13,15H2/p+1. The number of amides is 2. The van der Waals surface area contributed by atoms with Crippen LogP contribution in [-0.4, -0.2) is 53.5 Å². The van der Waals surface area contributed by atoms with Gasteiger partial charge in [0.1, 0.15) is 9.32 Å². The second-order valence-electron chi connectivity index (χ2n) is 8.78. The van der Waals surface area contributed by atoms with Crippen molar-refractivity contribution < 1.29 is 27.9 Å². The Bertz CT molecular complexity index is 1660. The topological polar surface area (TPSA) is 209 Å². The predicted octanol–water partition coefficient (Wildman–Crippen LogP) is 3.46. The summed E-state index contributed by atoms with van der Waals surface area (Å²) in [5.74, 6) is -1.20. The second-order valence-corrected chi connectivity index (χ2v) is 12.1. The van der Waals surface area contributed by atoms with E-state index in [1.807, 2.05) is 0 Å². The molecule has 1 fully saturated rings. The fourth-order valence-electron chi connectivity index (χ4n) is 3.94. The van der Waals surface area contributed by atoms with Gasteiger partial charge in [-0.1, -0.05) is 6.07 Å². The van der Waals surface area contributed by atoms with Crippen molar-refractivity contribution in [2.24, 2.45) is 10.2 Å². The lowest BCUT2D eigenvalue weighted by atomic mass is 10.1. The van der Waals surface area contributed by atoms with Crippen LogP contribution in [0, 0.1) is 20.2 Å². The summed E-state index contributed by atoms with van der Waals surface area (Å²) in [5.41, 5.74) is -0.103. The van der Waals surface area contributed by atoms with E-state index in [-0.39, 0.29) is 52.4 Å². The van der Waals surface area contributed by atoms with Crippen molar-refractivity contribution in [2.45, 2.75) is 29.6 Å². The molecule has 4 rings (SSSR count). The molecule has 1 N–H and O–H groups in total. The van der Waals surface area contributed by atoms with E-state index < -0.39 is 31.7 Å². The highest BCUT2D eigenvalue weighted by molar-refractivity contribution is 7.91. The maximum Gasteiger partial charge on any atom is 0.360 e. The number of nitro groups is 2. The number of piperidine rings is 1. The van der Waals surface area contributed by atoms with E-state index in [2.05, 4.69) is 20.5 Å². The van der Waals surface area contributed by atoms with E-state index in [1.165, 1.54) is 58.9 Å². The normalized spacial score (nSPS) is 14.0. The van der Waals surface area contributed by atoms with Gasteiger partial charge in [0, 0.05) is 59.4 Å². The molecule has 0 unspecified atom stereocenters. The number of hydrogen-bond donors (Lipinski definition) is 1. The highest BCUT2D eigenvalue weighted by atomic mass is 32.2. The van der Waals surface area contributed by atoms with Crippen LogP contribution in [0.4, 0.5) is 11.4 Å². The minimum absolute atomic E-state index is 0.0109. The maximum absolute atomic E-state index is 13.1. The van der Waals surface area contributed by atoms with Crippen LogP contribution < -0.4 is 10.2 Å². The van der Waals surface area contributed by atoms with E-state index in [0.717, 1.165) is 11.3 Å². The molecule has 0 aliphatic carbocycles. The average molecular weight is 601 g/mol. The third-order valence-electron chi connectivity index (χ3n) is 6.09. The van der Waals surface area contributed by atoms with Crippen molar-refractivity contribution in [3.05, 3.63) is 96.9 Å². The van der Waals surface area contributed by atoms with Crippen molar-refractivity contribution >= 4 is 44.5 Å². The summed E-state index contributed by atoms with van der Waals surface area (Å²) in [6.45, 7) is 0.348. The zero-order valence-corrected chi connectivity index (χ0v) is 22.8. The lowest BCUT2D eigenvalue weighted by Gasteiger charge is -2.31. The Morgan fingerprint density at radius 2 is 1.66 bits per heavy atom. The molecule has 41 heavy (non-hydrogen) atoms. The monoisotopic (exact) mass is 600 g/mol. The van der Waals surface area contributed by atoms with Crippen molar-refractivity contribution in [1.82, 2.24) is 14.5 Å². The molecule has 1 aliphatic heterocycles. The number of nitrogens with zero attached hydrogens (tertiary/aromatic N) is 6. The molecule has 1 saturated heterocycles. The summed E-state index contributed by atoms with van der Waals surface area (Å²) in [5, 5.41) is 31.7. The molecule has 2 aromatic carbocycles. The molecule has 2 heterocycles. The molecule has 0 bridgehead atoms. The molecule has 2 amide bonds. The number of rotatable bonds is 9. The minimum atomic E-state index is -3.78. The van der Waals surface area contributed by atoms with Crippen LogP contribution in [0.2, 0.25) is 0 Å². The predicted molar refractivity (Wildman–Crippen MR) is 145 cm³/mol. The number of benzene rings is 2. The summed E-state index contributed by atoms with van der Waals surface area (Å²) in [6, 6.07) is 13.0. The fourth-order valence-corrected chi connectivity index (χ4v) is 6.83. The highest BCUT2D eigenvalue weighted by Crippen LogP contribution is 2.27. The van der Waals surface area contributed by atoms with Gasteiger partial charge in [0.25, 0.3) is 27.3 Å². The average Bonchev–Trinajstić information content (AvgIpc) is 3.45. The van der Waals surface area contributed by atoms with E-state index in [0.29, 0.717) is 17.7 Å². The second kappa shape index (κ2) is 12.6. The molecule has 1 aliphatic rings. The third kappa shape index (κ3) is 7.29. The summed E-state index contributed by atoms with van der Waals surface area (Å²) < 4.78 is 27.7. The summed E-state index contributed by atoms with van der Waals surface area (Å²) >= 11 is 1.01. The van der Waals surface area contributed by atoms with Crippen molar-refractivity contribution in [2.75, 3.05) is 13.1 Å². The smallest absolute Gasteiger partial charge is 0.349 e. The van der Waals surface area contributed by atoms with Crippen LogP contribution in [0.15, 0.2) is 75.1 Å². The largest absolute Gasteiger partial charge is 0.360 e. The SMILES string of the molecule is O=C(N=[N+]=NCc1ccc(S(=O)(=O)N2CCC(NC(=O)c3cccc([N+](=O)[O-])c3)CC2)s1)c1ccc([N+](=O)[O-])cc1. The minimum Gasteiger partial charge on any atom is -0.349 e. The first-order valence-corrected chi connectivity index (χ1v) is 14.3. The van der Waals surface area contributed by atoms with Crippen molar-refractivity contribution in [1.29, 1.82) is 0 Å². The number of hydrogen-bond acceptors (Lipinski definition) is 10. The molecule has 0 saturated carbocycles. The van der Waals surface area contributed by atoms with Crippen LogP contribution in [0.1, 0.15) is 38.4 Å². The van der Waals surface area contributed by atoms with Crippen LogP contribution in [0.3, 0.4) is 0 Å². The van der Waals surface area contributed by atoms with Crippen molar-refractivity contribution in [3.8, 4) is 0 Å². The Balaban J connectivity index is 1.30. The molecular weight excluding hydrogens is 578 g/mol. The van der Waals surface area contributed by atoms with Gasteiger partial charge in [-0.15, -0.1) is 11.3 Å². The molecule has 0 spiro atoms. The van der Waals surface area contributed by atoms with Gasteiger partial charge in [-0.05, 0) is 43.2 Å². The van der Waals surface area contributed by atoms with E-state index in [9.17, 15) is 38.2 Å². The number of nitro benzene ring substituents is 2. The van der Waals surface area contributed by atoms with Gasteiger partial charge in [0.15, 0.2) is 6.54 Å². The quantitative estimate of drug-likeness (QED) is 0.166. The molecule has 15 nitrogen and oxygen atoms in total. The first-order chi connectivity index (χ1) is 19.5. The van der Waals surface area contributed by atoms with Gasteiger partial charge in [0.05, 0.1) is 9.85 Å². The Labute approximate surface area is 236 Å². The lowest BCUT2D eigenvalue weighted by Crippen LogP contribution is -2.46. The molecule has 3 aromatic rings. The Morgan fingerprint density at radius 3 is 2.32 bits per heavy atom. The molecule has 0 radical (unpaired) electrons. The Hall–Kier alpha value is -4.70.